The molecule has 0 saturated carbocycles. The Morgan fingerprint density at radius 1 is 1.83 bits per heavy atom. The van der Waals surface area contributed by atoms with Crippen molar-refractivity contribution in [3.8, 4) is 0 Å². The second kappa shape index (κ2) is 4.47. The standard InChI is InChI=1S/C4H7BN/c1-3-5-4-6-2/h3-4H,1H2,2H3. The van der Waals surface area contributed by atoms with Crippen LogP contribution in [0.15, 0.2) is 17.5 Å². The van der Waals surface area contributed by atoms with Crippen LogP contribution in [0.2, 0.25) is 0 Å². The molecule has 0 aromatic rings. The highest BCUT2D eigenvalue weighted by atomic mass is 14.6. The zero-order valence-corrected chi connectivity index (χ0v) is 3.89. The summed E-state index contributed by atoms with van der Waals surface area (Å²) in [5, 5.41) is 0. The van der Waals surface area contributed by atoms with Gasteiger partial charge in [-0.2, -0.15) is 0 Å². The Hall–Kier alpha value is -0.525. The summed E-state index contributed by atoms with van der Waals surface area (Å²) in [5.41, 5.74) is 0. The van der Waals surface area contributed by atoms with Crippen LogP contribution in [0, 0.1) is 0 Å². The maximum Gasteiger partial charge on any atom is 0.195 e. The van der Waals surface area contributed by atoms with Crippen molar-refractivity contribution in [2.24, 2.45) is 4.99 Å². The van der Waals surface area contributed by atoms with Gasteiger partial charge in [-0.25, -0.2) is 0 Å². The third-order valence-electron chi connectivity index (χ3n) is 0.371. The summed E-state index contributed by atoms with van der Waals surface area (Å²) < 4.78 is 0. The van der Waals surface area contributed by atoms with Crippen LogP contribution in [0.3, 0.4) is 0 Å². The van der Waals surface area contributed by atoms with Gasteiger partial charge in [0.15, 0.2) is 7.28 Å². The molecule has 0 bridgehead atoms. The first-order chi connectivity index (χ1) is 2.91. The van der Waals surface area contributed by atoms with E-state index >= 15 is 0 Å². The minimum Gasteiger partial charge on any atom is -0.311 e. The highest BCUT2D eigenvalue weighted by molar-refractivity contribution is 6.71. The Kier molecular flexibility index (Phi) is 4.08. The van der Waals surface area contributed by atoms with Crippen molar-refractivity contribution in [2.75, 3.05) is 7.05 Å². The van der Waals surface area contributed by atoms with Crippen molar-refractivity contribution in [2.45, 2.75) is 0 Å². The fourth-order valence-electron chi connectivity index (χ4n) is 0.147. The SMILES string of the molecule is C=C[B]C=NC. The normalized spacial score (nSPS) is 8.83. The second-order valence-electron chi connectivity index (χ2n) is 0.835. The van der Waals surface area contributed by atoms with Crippen LogP contribution in [-0.2, 0) is 0 Å². The maximum atomic E-state index is 3.67. The van der Waals surface area contributed by atoms with Gasteiger partial charge in [-0.3, -0.25) is 0 Å². The van der Waals surface area contributed by atoms with E-state index in [1.165, 1.54) is 0 Å². The first kappa shape index (κ1) is 5.47. The second-order valence-corrected chi connectivity index (χ2v) is 0.835. The number of aliphatic imine (C=N–C) groups is 1. The van der Waals surface area contributed by atoms with Gasteiger partial charge >= 0.3 is 0 Å². The molecule has 0 aromatic heterocycles. The van der Waals surface area contributed by atoms with E-state index in [0.29, 0.717) is 0 Å². The summed E-state index contributed by atoms with van der Waals surface area (Å²) in [6.07, 6.45) is 1.69. The summed E-state index contributed by atoms with van der Waals surface area (Å²) in [7, 11) is 3.50. The molecule has 0 aliphatic carbocycles. The van der Waals surface area contributed by atoms with Gasteiger partial charge < -0.3 is 4.99 Å². The Morgan fingerprint density at radius 2 is 2.50 bits per heavy atom. The minimum atomic E-state index is 1.69. The first-order valence-electron chi connectivity index (χ1n) is 1.78. The van der Waals surface area contributed by atoms with E-state index in [4.69, 9.17) is 0 Å². The van der Waals surface area contributed by atoms with Gasteiger partial charge in [0.05, 0.1) is 0 Å². The van der Waals surface area contributed by atoms with Crippen molar-refractivity contribution in [3.05, 3.63) is 12.6 Å². The molecular formula is C4H7BN. The molecule has 1 radical (unpaired) electrons. The number of rotatable bonds is 2. The van der Waals surface area contributed by atoms with Crippen LogP contribution in [-0.4, -0.2) is 20.4 Å². The summed E-state index contributed by atoms with van der Waals surface area (Å²) in [4.78, 5) is 3.67. The van der Waals surface area contributed by atoms with Gasteiger partial charge in [0.2, 0.25) is 0 Å². The fraction of sp³-hybridized carbons (Fsp3) is 0.250. The van der Waals surface area contributed by atoms with Gasteiger partial charge in [0.25, 0.3) is 0 Å². The highest BCUT2D eigenvalue weighted by Crippen LogP contribution is 1.52. The molecule has 0 unspecified atom stereocenters. The van der Waals surface area contributed by atoms with Crippen LogP contribution >= 0.6 is 0 Å². The maximum absolute atomic E-state index is 3.67. The quantitative estimate of drug-likeness (QED) is 0.338. The van der Waals surface area contributed by atoms with Crippen LogP contribution in [0.1, 0.15) is 0 Å². The van der Waals surface area contributed by atoms with E-state index in [1.807, 2.05) is 0 Å². The average molecular weight is 79.9 g/mol. The molecule has 0 N–H and O–H groups in total. The van der Waals surface area contributed by atoms with E-state index < -0.39 is 0 Å². The van der Waals surface area contributed by atoms with Crippen molar-refractivity contribution >= 4 is 13.4 Å². The van der Waals surface area contributed by atoms with Crippen molar-refractivity contribution in [3.63, 3.8) is 0 Å². The van der Waals surface area contributed by atoms with Crippen LogP contribution < -0.4 is 0 Å². The Morgan fingerprint density at radius 3 is 2.67 bits per heavy atom. The predicted molar refractivity (Wildman–Crippen MR) is 30.4 cm³/mol. The predicted octanol–water partition coefficient (Wildman–Crippen LogP) is 0.492. The van der Waals surface area contributed by atoms with E-state index in [0.717, 1.165) is 0 Å². The number of hydrogen-bond acceptors (Lipinski definition) is 1. The lowest BCUT2D eigenvalue weighted by Gasteiger charge is -1.66. The molecule has 0 fully saturated rings. The molecule has 2 heteroatoms. The van der Waals surface area contributed by atoms with Crippen molar-refractivity contribution < 1.29 is 0 Å². The fourth-order valence-corrected chi connectivity index (χ4v) is 0.147. The van der Waals surface area contributed by atoms with E-state index in [1.54, 1.807) is 26.4 Å². The lowest BCUT2D eigenvalue weighted by molar-refractivity contribution is 1.49. The van der Waals surface area contributed by atoms with Gasteiger partial charge in [0.1, 0.15) is 0 Å². The molecule has 0 heterocycles. The van der Waals surface area contributed by atoms with E-state index in [2.05, 4.69) is 11.6 Å². The third kappa shape index (κ3) is 3.47. The summed E-state index contributed by atoms with van der Waals surface area (Å²) >= 11 is 0. The molecule has 0 aromatic carbocycles. The molecule has 0 atom stereocenters. The van der Waals surface area contributed by atoms with E-state index in [9.17, 15) is 0 Å². The number of nitrogens with zero attached hydrogens (tertiary/aromatic N) is 1. The lowest BCUT2D eigenvalue weighted by atomic mass is 9.82. The molecule has 0 rings (SSSR count). The molecule has 0 saturated heterocycles. The van der Waals surface area contributed by atoms with Gasteiger partial charge in [-0.1, -0.05) is 0 Å². The monoisotopic (exact) mass is 80.1 g/mol. The number of hydrogen-bond donors (Lipinski definition) is 0. The molecule has 0 spiro atoms. The molecule has 0 amide bonds. The van der Waals surface area contributed by atoms with Crippen molar-refractivity contribution in [1.29, 1.82) is 0 Å². The van der Waals surface area contributed by atoms with Crippen molar-refractivity contribution in [1.82, 2.24) is 0 Å². The molecule has 1 nitrogen and oxygen atoms in total. The lowest BCUT2D eigenvalue weighted by Crippen LogP contribution is -1.81. The third-order valence-corrected chi connectivity index (χ3v) is 0.371. The molecule has 0 aliphatic rings. The Balaban J connectivity index is 2.85. The molecule has 0 aliphatic heterocycles. The zero-order chi connectivity index (χ0) is 4.83. The molecule has 6 heavy (non-hydrogen) atoms. The summed E-state index contributed by atoms with van der Waals surface area (Å²) in [6.45, 7) is 3.45. The molecule has 31 valence electrons. The van der Waals surface area contributed by atoms with Gasteiger partial charge in [-0.15, -0.1) is 12.6 Å². The van der Waals surface area contributed by atoms with Crippen LogP contribution in [0.25, 0.3) is 0 Å². The van der Waals surface area contributed by atoms with Crippen LogP contribution in [0.5, 0.6) is 0 Å². The average Bonchev–Trinajstić information content (AvgIpc) is 1.61. The summed E-state index contributed by atoms with van der Waals surface area (Å²) in [6, 6.07) is 0. The first-order valence-corrected chi connectivity index (χ1v) is 1.78. The Labute approximate surface area is 39.0 Å². The van der Waals surface area contributed by atoms with Crippen LogP contribution in [0.4, 0.5) is 0 Å². The molecular weight excluding hydrogens is 72.9 g/mol. The highest BCUT2D eigenvalue weighted by Gasteiger charge is 1.64. The Bertz CT molecular complexity index is 58.6. The smallest absolute Gasteiger partial charge is 0.195 e. The van der Waals surface area contributed by atoms with Gasteiger partial charge in [-0.05, 0) is 6.11 Å². The van der Waals surface area contributed by atoms with Gasteiger partial charge in [0, 0.05) is 7.05 Å². The minimum absolute atomic E-state index is 1.69. The van der Waals surface area contributed by atoms with E-state index in [-0.39, 0.29) is 0 Å². The summed E-state index contributed by atoms with van der Waals surface area (Å²) in [5.74, 6) is 1.69. The largest absolute Gasteiger partial charge is 0.311 e. The topological polar surface area (TPSA) is 12.4 Å². The zero-order valence-electron chi connectivity index (χ0n) is 3.89.